The van der Waals surface area contributed by atoms with Gasteiger partial charge < -0.3 is 14.1 Å². The molecule has 0 saturated carbocycles. The van der Waals surface area contributed by atoms with Crippen LogP contribution in [0.25, 0.3) is 11.1 Å². The predicted octanol–water partition coefficient (Wildman–Crippen LogP) is 3.57. The van der Waals surface area contributed by atoms with Crippen LogP contribution in [0.4, 0.5) is 0 Å². The smallest absolute Gasteiger partial charge is 0.408 e. The number of aromatic nitrogens is 1. The summed E-state index contributed by atoms with van der Waals surface area (Å²) < 4.78 is 12.3. The summed E-state index contributed by atoms with van der Waals surface area (Å²) in [4.78, 5) is 14.5. The van der Waals surface area contributed by atoms with Crippen molar-refractivity contribution in [3.63, 3.8) is 0 Å². The highest BCUT2D eigenvalue weighted by Crippen LogP contribution is 2.12. The van der Waals surface area contributed by atoms with Gasteiger partial charge >= 0.3 is 5.76 Å². The van der Waals surface area contributed by atoms with Gasteiger partial charge in [-0.15, -0.1) is 0 Å². The molecule has 0 N–H and O–H groups in total. The molecule has 0 radical (unpaired) electrons. The van der Waals surface area contributed by atoms with Crippen LogP contribution in [0, 0.1) is 0 Å². The average molecular weight is 368 g/mol. The third-order valence-electron chi connectivity index (χ3n) is 4.82. The number of nitrogens with zero attached hydrogens (tertiary/aromatic N) is 2. The topological polar surface area (TPSA) is 47.6 Å². The summed E-state index contributed by atoms with van der Waals surface area (Å²) >= 11 is 0. The minimum Gasteiger partial charge on any atom is -0.408 e. The van der Waals surface area contributed by atoms with Crippen LogP contribution in [0.2, 0.25) is 0 Å². The molecule has 27 heavy (non-hydrogen) atoms. The number of benzene rings is 2. The van der Waals surface area contributed by atoms with Crippen molar-refractivity contribution >= 4 is 11.1 Å². The maximum atomic E-state index is 12.1. The third-order valence-corrected chi connectivity index (χ3v) is 4.82. The van der Waals surface area contributed by atoms with Crippen LogP contribution in [0.15, 0.2) is 63.8 Å². The number of oxazole rings is 1. The molecule has 0 aliphatic rings. The second-order valence-electron chi connectivity index (χ2n) is 6.76. The van der Waals surface area contributed by atoms with E-state index in [2.05, 4.69) is 35.2 Å². The van der Waals surface area contributed by atoms with Crippen molar-refractivity contribution < 1.29 is 9.15 Å². The summed E-state index contributed by atoms with van der Waals surface area (Å²) in [5.74, 6) is -0.274. The molecule has 5 nitrogen and oxygen atoms in total. The molecule has 0 saturated heterocycles. The first-order valence-corrected chi connectivity index (χ1v) is 9.61. The molecule has 0 fully saturated rings. The van der Waals surface area contributed by atoms with E-state index in [-0.39, 0.29) is 5.76 Å². The van der Waals surface area contributed by atoms with Gasteiger partial charge in [0.2, 0.25) is 0 Å². The molecule has 0 spiro atoms. The van der Waals surface area contributed by atoms with Gasteiger partial charge in [0.15, 0.2) is 5.58 Å². The maximum absolute atomic E-state index is 12.1. The summed E-state index contributed by atoms with van der Waals surface area (Å²) in [6.07, 6.45) is 3.09. The molecule has 1 heterocycles. The Morgan fingerprint density at radius 2 is 1.70 bits per heavy atom. The fourth-order valence-corrected chi connectivity index (χ4v) is 3.39. The molecule has 5 heteroatoms. The molecule has 0 unspecified atom stereocenters. The normalized spacial score (nSPS) is 11.5. The van der Waals surface area contributed by atoms with E-state index in [0.717, 1.165) is 51.0 Å². The monoisotopic (exact) mass is 368 g/mol. The van der Waals surface area contributed by atoms with E-state index in [0.29, 0.717) is 12.1 Å². The Hall–Kier alpha value is -2.37. The molecule has 144 valence electrons. The predicted molar refractivity (Wildman–Crippen MR) is 108 cm³/mol. The van der Waals surface area contributed by atoms with Crippen LogP contribution >= 0.6 is 0 Å². The first-order valence-electron chi connectivity index (χ1n) is 9.61. The number of para-hydroxylation sites is 2. The minimum absolute atomic E-state index is 0.274. The highest BCUT2D eigenvalue weighted by atomic mass is 16.5. The highest BCUT2D eigenvalue weighted by molar-refractivity contribution is 5.72. The van der Waals surface area contributed by atoms with Crippen molar-refractivity contribution in [3.8, 4) is 0 Å². The van der Waals surface area contributed by atoms with Crippen LogP contribution in [0.5, 0.6) is 0 Å². The lowest BCUT2D eigenvalue weighted by Crippen LogP contribution is -2.31. The van der Waals surface area contributed by atoms with E-state index >= 15 is 0 Å². The van der Waals surface area contributed by atoms with Crippen LogP contribution < -0.4 is 5.76 Å². The maximum Gasteiger partial charge on any atom is 0.419 e. The van der Waals surface area contributed by atoms with E-state index in [9.17, 15) is 4.79 Å². The van der Waals surface area contributed by atoms with Crippen molar-refractivity contribution in [1.82, 2.24) is 9.47 Å². The number of fused-ring (bicyclic) bond motifs is 1. The summed E-state index contributed by atoms with van der Waals surface area (Å²) in [5.41, 5.74) is 2.90. The largest absolute Gasteiger partial charge is 0.419 e. The number of methoxy groups -OCH3 is 1. The SMILES string of the molecule is COCCN(CCCc1ccccc1)CCCn1c(=O)oc2ccccc21. The average Bonchev–Trinajstić information content (AvgIpc) is 3.02. The second kappa shape index (κ2) is 10.1. The molecule has 3 aromatic rings. The molecule has 0 atom stereocenters. The molecule has 3 rings (SSSR count). The number of ether oxygens (including phenoxy) is 1. The van der Waals surface area contributed by atoms with Crippen LogP contribution in [-0.2, 0) is 17.7 Å². The Morgan fingerprint density at radius 3 is 2.52 bits per heavy atom. The fourth-order valence-electron chi connectivity index (χ4n) is 3.39. The van der Waals surface area contributed by atoms with Gasteiger partial charge in [-0.05, 0) is 50.0 Å². The number of aryl methyl sites for hydroxylation is 2. The summed E-state index contributed by atoms with van der Waals surface area (Å²) in [6.45, 7) is 4.26. The number of hydrogen-bond acceptors (Lipinski definition) is 4. The first-order chi connectivity index (χ1) is 13.3. The van der Waals surface area contributed by atoms with Crippen LogP contribution in [0.1, 0.15) is 18.4 Å². The van der Waals surface area contributed by atoms with Gasteiger partial charge in [-0.3, -0.25) is 4.57 Å². The first kappa shape index (κ1) is 19.4. The second-order valence-corrected chi connectivity index (χ2v) is 6.76. The zero-order chi connectivity index (χ0) is 18.9. The molecule has 1 aromatic heterocycles. The Kier molecular flexibility index (Phi) is 7.25. The standard InChI is InChI=1S/C22H28N2O3/c1-26-18-17-23(14-7-11-19-9-3-2-4-10-19)15-8-16-24-20-12-5-6-13-21(20)27-22(24)25/h2-6,9-10,12-13H,7-8,11,14-18H2,1H3. The lowest BCUT2D eigenvalue weighted by Gasteiger charge is -2.22. The van der Waals surface area contributed by atoms with Crippen molar-refractivity contribution in [1.29, 1.82) is 0 Å². The number of rotatable bonds is 11. The Morgan fingerprint density at radius 1 is 0.963 bits per heavy atom. The van der Waals surface area contributed by atoms with E-state index in [1.165, 1.54) is 5.56 Å². The van der Waals surface area contributed by atoms with Crippen molar-refractivity contribution in [2.45, 2.75) is 25.8 Å². The molecule has 0 aliphatic carbocycles. The molecular formula is C22H28N2O3. The molecular weight excluding hydrogens is 340 g/mol. The summed E-state index contributed by atoms with van der Waals surface area (Å²) in [5, 5.41) is 0. The Labute approximate surface area is 160 Å². The van der Waals surface area contributed by atoms with Gasteiger partial charge in [0.1, 0.15) is 0 Å². The highest BCUT2D eigenvalue weighted by Gasteiger charge is 2.10. The van der Waals surface area contributed by atoms with Gasteiger partial charge in [-0.1, -0.05) is 42.5 Å². The van der Waals surface area contributed by atoms with Gasteiger partial charge in [0, 0.05) is 20.2 Å². The lowest BCUT2D eigenvalue weighted by atomic mass is 10.1. The van der Waals surface area contributed by atoms with E-state index in [1.807, 2.05) is 24.3 Å². The van der Waals surface area contributed by atoms with Crippen LogP contribution in [0.3, 0.4) is 0 Å². The third kappa shape index (κ3) is 5.55. The fraction of sp³-hybridized carbons (Fsp3) is 0.409. The van der Waals surface area contributed by atoms with E-state index in [1.54, 1.807) is 11.7 Å². The van der Waals surface area contributed by atoms with E-state index < -0.39 is 0 Å². The van der Waals surface area contributed by atoms with Crippen molar-refractivity contribution in [2.75, 3.05) is 33.4 Å². The zero-order valence-electron chi connectivity index (χ0n) is 16.0. The summed E-state index contributed by atoms with van der Waals surface area (Å²) in [6, 6.07) is 18.2. The molecule has 0 amide bonds. The lowest BCUT2D eigenvalue weighted by molar-refractivity contribution is 0.145. The molecule has 0 aliphatic heterocycles. The number of hydrogen-bond donors (Lipinski definition) is 0. The van der Waals surface area contributed by atoms with Gasteiger partial charge in [0.05, 0.1) is 12.1 Å². The molecule has 0 bridgehead atoms. The van der Waals surface area contributed by atoms with Gasteiger partial charge in [-0.2, -0.15) is 0 Å². The quantitative estimate of drug-likeness (QED) is 0.519. The zero-order valence-corrected chi connectivity index (χ0v) is 16.0. The van der Waals surface area contributed by atoms with Crippen LogP contribution in [-0.4, -0.2) is 42.8 Å². The van der Waals surface area contributed by atoms with Gasteiger partial charge in [-0.25, -0.2) is 4.79 Å². The van der Waals surface area contributed by atoms with Crippen molar-refractivity contribution in [2.24, 2.45) is 0 Å². The summed E-state index contributed by atoms with van der Waals surface area (Å²) in [7, 11) is 1.74. The van der Waals surface area contributed by atoms with Crippen molar-refractivity contribution in [3.05, 3.63) is 70.7 Å². The Bertz CT molecular complexity index is 870. The minimum atomic E-state index is -0.274. The van der Waals surface area contributed by atoms with Gasteiger partial charge in [0.25, 0.3) is 0 Å². The molecule has 2 aromatic carbocycles. The Balaban J connectivity index is 1.51. The van der Waals surface area contributed by atoms with E-state index in [4.69, 9.17) is 9.15 Å².